The second-order valence-corrected chi connectivity index (χ2v) is 5.20. The van der Waals surface area contributed by atoms with E-state index < -0.39 is 12.0 Å². The van der Waals surface area contributed by atoms with E-state index in [2.05, 4.69) is 5.32 Å². The highest BCUT2D eigenvalue weighted by Crippen LogP contribution is 2.18. The van der Waals surface area contributed by atoms with E-state index in [0.717, 1.165) is 38.7 Å². The third kappa shape index (κ3) is 3.83. The van der Waals surface area contributed by atoms with E-state index >= 15 is 0 Å². The highest BCUT2D eigenvalue weighted by Gasteiger charge is 2.31. The van der Waals surface area contributed by atoms with Gasteiger partial charge in [-0.15, -0.1) is 0 Å². The first-order valence-corrected chi connectivity index (χ1v) is 7.07. The number of carbonyl (C=O) groups excluding carboxylic acids is 1. The summed E-state index contributed by atoms with van der Waals surface area (Å²) in [5, 5.41) is 11.9. The smallest absolute Gasteiger partial charge is 0.326 e. The summed E-state index contributed by atoms with van der Waals surface area (Å²) in [6.45, 7) is 1.89. The van der Waals surface area contributed by atoms with Crippen molar-refractivity contribution in [3.8, 4) is 0 Å². The van der Waals surface area contributed by atoms with E-state index in [4.69, 9.17) is 9.84 Å². The van der Waals surface area contributed by atoms with Crippen molar-refractivity contribution in [3.05, 3.63) is 0 Å². The van der Waals surface area contributed by atoms with Crippen LogP contribution >= 0.6 is 0 Å². The third-order valence-electron chi connectivity index (χ3n) is 3.82. The first-order valence-electron chi connectivity index (χ1n) is 7.07. The highest BCUT2D eigenvalue weighted by atomic mass is 16.5. The SMILES string of the molecule is O=C(O)C1CCCCN1C(=O)NCCC1CCCO1. The number of rotatable bonds is 4. The minimum Gasteiger partial charge on any atom is -0.480 e. The molecule has 2 atom stereocenters. The number of carboxylic acid groups (broad SMARTS) is 1. The summed E-state index contributed by atoms with van der Waals surface area (Å²) in [6.07, 6.45) is 5.49. The second-order valence-electron chi connectivity index (χ2n) is 5.20. The molecule has 0 aromatic heterocycles. The summed E-state index contributed by atoms with van der Waals surface area (Å²) in [7, 11) is 0. The zero-order chi connectivity index (χ0) is 13.7. The number of piperidine rings is 1. The van der Waals surface area contributed by atoms with Crippen LogP contribution in [0.5, 0.6) is 0 Å². The van der Waals surface area contributed by atoms with Gasteiger partial charge < -0.3 is 20.1 Å². The summed E-state index contributed by atoms with van der Waals surface area (Å²) in [5.41, 5.74) is 0. The Kier molecular flexibility index (Phi) is 5.01. The average molecular weight is 270 g/mol. The van der Waals surface area contributed by atoms with Gasteiger partial charge >= 0.3 is 12.0 Å². The fourth-order valence-electron chi connectivity index (χ4n) is 2.75. The van der Waals surface area contributed by atoms with Crippen molar-refractivity contribution in [2.75, 3.05) is 19.7 Å². The number of nitrogens with zero attached hydrogens (tertiary/aromatic N) is 1. The summed E-state index contributed by atoms with van der Waals surface area (Å²) in [6, 6.07) is -0.929. The Morgan fingerprint density at radius 1 is 1.26 bits per heavy atom. The Labute approximate surface area is 113 Å². The molecule has 0 aliphatic carbocycles. The van der Waals surface area contributed by atoms with E-state index in [9.17, 15) is 9.59 Å². The molecule has 2 saturated heterocycles. The van der Waals surface area contributed by atoms with Gasteiger partial charge in [0, 0.05) is 19.7 Å². The summed E-state index contributed by atoms with van der Waals surface area (Å²) >= 11 is 0. The van der Waals surface area contributed by atoms with Crippen LogP contribution in [-0.2, 0) is 9.53 Å². The molecule has 108 valence electrons. The van der Waals surface area contributed by atoms with Crippen LogP contribution in [0.15, 0.2) is 0 Å². The van der Waals surface area contributed by atoms with Crippen molar-refractivity contribution in [1.29, 1.82) is 0 Å². The molecule has 2 unspecified atom stereocenters. The Bertz CT molecular complexity index is 329. The van der Waals surface area contributed by atoms with Gasteiger partial charge in [-0.2, -0.15) is 0 Å². The number of ether oxygens (including phenoxy) is 1. The molecular weight excluding hydrogens is 248 g/mol. The molecule has 2 heterocycles. The van der Waals surface area contributed by atoms with Crippen LogP contribution in [0.2, 0.25) is 0 Å². The number of carbonyl (C=O) groups is 2. The van der Waals surface area contributed by atoms with E-state index in [-0.39, 0.29) is 12.1 Å². The van der Waals surface area contributed by atoms with E-state index in [1.54, 1.807) is 0 Å². The van der Waals surface area contributed by atoms with Crippen LogP contribution in [0.25, 0.3) is 0 Å². The molecule has 0 saturated carbocycles. The first kappa shape index (κ1) is 14.1. The Balaban J connectivity index is 1.75. The van der Waals surface area contributed by atoms with Crippen LogP contribution in [0.1, 0.15) is 38.5 Å². The minimum atomic E-state index is -0.908. The predicted molar refractivity (Wildman–Crippen MR) is 69.0 cm³/mol. The lowest BCUT2D eigenvalue weighted by molar-refractivity contribution is -0.143. The standard InChI is InChI=1S/C13H22N2O4/c16-12(17)11-5-1-2-8-15(11)13(18)14-7-6-10-4-3-9-19-10/h10-11H,1-9H2,(H,14,18)(H,16,17). The van der Waals surface area contributed by atoms with E-state index in [0.29, 0.717) is 19.5 Å². The van der Waals surface area contributed by atoms with Gasteiger partial charge in [0.25, 0.3) is 0 Å². The molecule has 6 nitrogen and oxygen atoms in total. The maximum Gasteiger partial charge on any atom is 0.326 e. The lowest BCUT2D eigenvalue weighted by atomic mass is 10.0. The number of carboxylic acids is 1. The van der Waals surface area contributed by atoms with Gasteiger partial charge in [-0.3, -0.25) is 0 Å². The van der Waals surface area contributed by atoms with Gasteiger partial charge in [0.15, 0.2) is 0 Å². The maximum atomic E-state index is 12.0. The number of urea groups is 1. The van der Waals surface area contributed by atoms with Crippen molar-refractivity contribution in [1.82, 2.24) is 10.2 Å². The maximum absolute atomic E-state index is 12.0. The molecule has 0 aromatic carbocycles. The largest absolute Gasteiger partial charge is 0.480 e. The van der Waals surface area contributed by atoms with E-state index in [1.807, 2.05) is 0 Å². The number of hydrogen-bond acceptors (Lipinski definition) is 3. The van der Waals surface area contributed by atoms with Crippen molar-refractivity contribution < 1.29 is 19.4 Å². The quantitative estimate of drug-likeness (QED) is 0.804. The molecule has 2 N–H and O–H groups in total. The van der Waals surface area contributed by atoms with Crippen molar-refractivity contribution in [3.63, 3.8) is 0 Å². The Morgan fingerprint density at radius 3 is 2.79 bits per heavy atom. The van der Waals surface area contributed by atoms with Gasteiger partial charge in [0.1, 0.15) is 6.04 Å². The zero-order valence-corrected chi connectivity index (χ0v) is 11.1. The highest BCUT2D eigenvalue weighted by molar-refractivity contribution is 5.82. The number of likely N-dealkylation sites (tertiary alicyclic amines) is 1. The van der Waals surface area contributed by atoms with Gasteiger partial charge in [0.05, 0.1) is 6.10 Å². The molecule has 0 bridgehead atoms. The number of nitrogens with one attached hydrogen (secondary N) is 1. The zero-order valence-electron chi connectivity index (χ0n) is 11.1. The number of aliphatic carboxylic acids is 1. The molecule has 2 amide bonds. The molecule has 0 spiro atoms. The van der Waals surface area contributed by atoms with Crippen molar-refractivity contribution in [2.24, 2.45) is 0 Å². The summed E-state index contributed by atoms with van der Waals surface area (Å²) < 4.78 is 5.48. The molecule has 2 aliphatic heterocycles. The molecule has 2 aliphatic rings. The van der Waals surface area contributed by atoms with Crippen LogP contribution in [0, 0.1) is 0 Å². The van der Waals surface area contributed by atoms with Crippen molar-refractivity contribution >= 4 is 12.0 Å². The van der Waals surface area contributed by atoms with Crippen LogP contribution in [0.3, 0.4) is 0 Å². The van der Waals surface area contributed by atoms with Gasteiger partial charge in [0.2, 0.25) is 0 Å². The van der Waals surface area contributed by atoms with Gasteiger partial charge in [-0.05, 0) is 38.5 Å². The third-order valence-corrected chi connectivity index (χ3v) is 3.82. The van der Waals surface area contributed by atoms with Crippen LogP contribution in [0.4, 0.5) is 4.79 Å². The molecular formula is C13H22N2O4. The first-order chi connectivity index (χ1) is 9.18. The fraction of sp³-hybridized carbons (Fsp3) is 0.846. The summed E-state index contributed by atoms with van der Waals surface area (Å²) in [4.78, 5) is 24.6. The fourth-order valence-corrected chi connectivity index (χ4v) is 2.75. The molecule has 2 fully saturated rings. The monoisotopic (exact) mass is 270 g/mol. The van der Waals surface area contributed by atoms with E-state index in [1.165, 1.54) is 4.90 Å². The molecule has 0 radical (unpaired) electrons. The lowest BCUT2D eigenvalue weighted by Gasteiger charge is -2.33. The number of amides is 2. The van der Waals surface area contributed by atoms with Crippen LogP contribution < -0.4 is 5.32 Å². The molecule has 19 heavy (non-hydrogen) atoms. The van der Waals surface area contributed by atoms with Crippen molar-refractivity contribution in [2.45, 2.75) is 50.7 Å². The number of hydrogen-bond donors (Lipinski definition) is 2. The van der Waals surface area contributed by atoms with Crippen LogP contribution in [-0.4, -0.2) is 53.8 Å². The Morgan fingerprint density at radius 2 is 2.11 bits per heavy atom. The normalized spacial score (nSPS) is 27.3. The molecule has 6 heteroatoms. The minimum absolute atomic E-state index is 0.247. The average Bonchev–Trinajstić information content (AvgIpc) is 2.91. The Hall–Kier alpha value is -1.30. The van der Waals surface area contributed by atoms with Gasteiger partial charge in [-0.25, -0.2) is 9.59 Å². The molecule has 2 rings (SSSR count). The van der Waals surface area contributed by atoms with Gasteiger partial charge in [-0.1, -0.05) is 0 Å². The predicted octanol–water partition coefficient (Wildman–Crippen LogP) is 1.20. The molecule has 0 aromatic rings. The lowest BCUT2D eigenvalue weighted by Crippen LogP contribution is -2.52. The summed E-state index contributed by atoms with van der Waals surface area (Å²) in [5.74, 6) is -0.908. The second kappa shape index (κ2) is 6.75. The topological polar surface area (TPSA) is 78.9 Å².